The molecule has 1 aliphatic heterocycles. The van der Waals surface area contributed by atoms with Crippen LogP contribution in [0.5, 0.6) is 0 Å². The van der Waals surface area contributed by atoms with Crippen LogP contribution < -0.4 is 10.3 Å². The minimum atomic E-state index is -1.04. The SMILES string of the molecule is CCCCC(=O)NC1=NN(c2ccc(C(=O)O)cc2)C(=O)C1. The van der Waals surface area contributed by atoms with Crippen LogP contribution in [0.15, 0.2) is 29.4 Å². The molecule has 0 saturated carbocycles. The summed E-state index contributed by atoms with van der Waals surface area (Å²) in [5, 5.41) is 16.7. The van der Waals surface area contributed by atoms with Crippen molar-refractivity contribution in [2.75, 3.05) is 5.01 Å². The van der Waals surface area contributed by atoms with Gasteiger partial charge in [0.1, 0.15) is 5.84 Å². The van der Waals surface area contributed by atoms with Gasteiger partial charge in [0, 0.05) is 6.42 Å². The highest BCUT2D eigenvalue weighted by atomic mass is 16.4. The highest BCUT2D eigenvalue weighted by Gasteiger charge is 2.26. The Labute approximate surface area is 127 Å². The molecule has 2 rings (SSSR count). The van der Waals surface area contributed by atoms with E-state index < -0.39 is 5.97 Å². The number of nitrogens with zero attached hydrogens (tertiary/aromatic N) is 2. The number of unbranched alkanes of at least 4 members (excludes halogenated alkanes) is 1. The molecule has 22 heavy (non-hydrogen) atoms. The second-order valence-electron chi connectivity index (χ2n) is 4.93. The van der Waals surface area contributed by atoms with Crippen LogP contribution in [0, 0.1) is 0 Å². The highest BCUT2D eigenvalue weighted by Crippen LogP contribution is 2.20. The number of amides is 2. The first-order valence-electron chi connectivity index (χ1n) is 7.05. The van der Waals surface area contributed by atoms with Crippen molar-refractivity contribution in [2.24, 2.45) is 5.10 Å². The van der Waals surface area contributed by atoms with E-state index in [1.807, 2.05) is 6.92 Å². The first kappa shape index (κ1) is 15.7. The Kier molecular flexibility index (Phi) is 4.88. The number of nitrogens with one attached hydrogen (secondary N) is 1. The number of rotatable bonds is 5. The third-order valence-corrected chi connectivity index (χ3v) is 3.18. The average Bonchev–Trinajstić information content (AvgIpc) is 2.85. The number of aromatic carboxylic acids is 1. The van der Waals surface area contributed by atoms with Gasteiger partial charge in [-0.1, -0.05) is 13.3 Å². The number of carboxylic acids is 1. The van der Waals surface area contributed by atoms with E-state index in [2.05, 4.69) is 10.4 Å². The summed E-state index contributed by atoms with van der Waals surface area (Å²) in [7, 11) is 0. The highest BCUT2D eigenvalue weighted by molar-refractivity contribution is 6.15. The normalized spacial score (nSPS) is 14.0. The van der Waals surface area contributed by atoms with Gasteiger partial charge in [-0.05, 0) is 30.7 Å². The number of amidine groups is 1. The fraction of sp³-hybridized carbons (Fsp3) is 0.333. The predicted molar refractivity (Wildman–Crippen MR) is 80.6 cm³/mol. The van der Waals surface area contributed by atoms with Crippen LogP contribution in [0.25, 0.3) is 0 Å². The molecular weight excluding hydrogens is 286 g/mol. The summed E-state index contributed by atoms with van der Waals surface area (Å²) in [6.07, 6.45) is 2.13. The van der Waals surface area contributed by atoms with Gasteiger partial charge in [0.15, 0.2) is 0 Å². The van der Waals surface area contributed by atoms with Crippen LogP contribution >= 0.6 is 0 Å². The number of benzene rings is 1. The van der Waals surface area contributed by atoms with Gasteiger partial charge >= 0.3 is 5.97 Å². The monoisotopic (exact) mass is 303 g/mol. The molecule has 1 aromatic rings. The number of carbonyl (C=O) groups is 3. The van der Waals surface area contributed by atoms with Crippen molar-refractivity contribution < 1.29 is 19.5 Å². The van der Waals surface area contributed by atoms with Crippen LogP contribution in [-0.4, -0.2) is 28.7 Å². The zero-order valence-corrected chi connectivity index (χ0v) is 12.2. The molecule has 116 valence electrons. The Hall–Kier alpha value is -2.70. The molecule has 7 nitrogen and oxygen atoms in total. The van der Waals surface area contributed by atoms with E-state index in [0.717, 1.165) is 12.8 Å². The zero-order valence-electron chi connectivity index (χ0n) is 12.2. The summed E-state index contributed by atoms with van der Waals surface area (Å²) in [5.41, 5.74) is 0.597. The van der Waals surface area contributed by atoms with Gasteiger partial charge in [0.2, 0.25) is 5.91 Å². The lowest BCUT2D eigenvalue weighted by molar-refractivity contribution is -0.119. The van der Waals surface area contributed by atoms with E-state index in [0.29, 0.717) is 17.9 Å². The fourth-order valence-corrected chi connectivity index (χ4v) is 2.01. The summed E-state index contributed by atoms with van der Waals surface area (Å²) >= 11 is 0. The van der Waals surface area contributed by atoms with Crippen molar-refractivity contribution in [3.63, 3.8) is 0 Å². The van der Waals surface area contributed by atoms with Gasteiger partial charge in [-0.2, -0.15) is 10.1 Å². The van der Waals surface area contributed by atoms with Crippen molar-refractivity contribution in [1.82, 2.24) is 5.32 Å². The molecule has 0 atom stereocenters. The van der Waals surface area contributed by atoms with Gasteiger partial charge in [-0.3, -0.25) is 9.59 Å². The van der Waals surface area contributed by atoms with Crippen molar-refractivity contribution in [1.29, 1.82) is 0 Å². The number of carboxylic acid groups (broad SMARTS) is 1. The summed E-state index contributed by atoms with van der Waals surface area (Å²) in [6, 6.07) is 5.82. The molecular formula is C15H17N3O4. The van der Waals surface area contributed by atoms with E-state index in [4.69, 9.17) is 5.11 Å². The molecule has 1 aromatic carbocycles. The number of hydrogen-bond donors (Lipinski definition) is 2. The molecule has 0 aliphatic carbocycles. The quantitative estimate of drug-likeness (QED) is 0.865. The molecule has 0 fully saturated rings. The molecule has 1 heterocycles. The van der Waals surface area contributed by atoms with Gasteiger partial charge < -0.3 is 10.4 Å². The lowest BCUT2D eigenvalue weighted by Crippen LogP contribution is -2.29. The predicted octanol–water partition coefficient (Wildman–Crippen LogP) is 1.74. The van der Waals surface area contributed by atoms with Crippen molar-refractivity contribution >= 4 is 29.3 Å². The second-order valence-corrected chi connectivity index (χ2v) is 4.93. The van der Waals surface area contributed by atoms with Crippen LogP contribution in [0.3, 0.4) is 0 Å². The Bertz CT molecular complexity index is 622. The van der Waals surface area contributed by atoms with Gasteiger partial charge in [0.25, 0.3) is 5.91 Å². The summed E-state index contributed by atoms with van der Waals surface area (Å²) in [4.78, 5) is 34.4. The summed E-state index contributed by atoms with van der Waals surface area (Å²) in [6.45, 7) is 1.99. The lowest BCUT2D eigenvalue weighted by atomic mass is 10.2. The van der Waals surface area contributed by atoms with E-state index in [1.165, 1.54) is 29.3 Å². The number of hydrazone groups is 1. The molecule has 0 radical (unpaired) electrons. The van der Waals surface area contributed by atoms with Crippen molar-refractivity contribution in [3.05, 3.63) is 29.8 Å². The largest absolute Gasteiger partial charge is 0.478 e. The third-order valence-electron chi connectivity index (χ3n) is 3.18. The fourth-order valence-electron chi connectivity index (χ4n) is 2.01. The van der Waals surface area contributed by atoms with Gasteiger partial charge in [-0.15, -0.1) is 0 Å². The minimum absolute atomic E-state index is 0.0263. The second kappa shape index (κ2) is 6.84. The Morgan fingerprint density at radius 1 is 1.32 bits per heavy atom. The molecule has 2 amide bonds. The standard InChI is InChI=1S/C15H17N3O4/c1-2-3-4-13(19)16-12-9-14(20)18(17-12)11-7-5-10(6-8-11)15(21)22/h5-8H,2-4,9H2,1H3,(H,21,22)(H,16,17,19). The van der Waals surface area contributed by atoms with E-state index in [1.54, 1.807) is 0 Å². The number of anilines is 1. The molecule has 0 unspecified atom stereocenters. The topological polar surface area (TPSA) is 99.1 Å². The third kappa shape index (κ3) is 3.69. The Morgan fingerprint density at radius 3 is 2.59 bits per heavy atom. The van der Waals surface area contributed by atoms with E-state index in [9.17, 15) is 14.4 Å². The van der Waals surface area contributed by atoms with Gasteiger partial charge in [0.05, 0.1) is 17.7 Å². The molecule has 2 N–H and O–H groups in total. The maximum Gasteiger partial charge on any atom is 0.335 e. The van der Waals surface area contributed by atoms with Crippen LogP contribution in [0.1, 0.15) is 43.0 Å². The van der Waals surface area contributed by atoms with Crippen LogP contribution in [0.4, 0.5) is 5.69 Å². The smallest absolute Gasteiger partial charge is 0.335 e. The van der Waals surface area contributed by atoms with Crippen LogP contribution in [0.2, 0.25) is 0 Å². The lowest BCUT2D eigenvalue weighted by Gasteiger charge is -2.11. The Balaban J connectivity index is 2.06. The molecule has 0 spiro atoms. The molecule has 0 bridgehead atoms. The zero-order chi connectivity index (χ0) is 16.1. The molecule has 0 saturated heterocycles. The number of carbonyl (C=O) groups excluding carboxylic acids is 2. The maximum absolute atomic E-state index is 11.9. The average molecular weight is 303 g/mol. The Morgan fingerprint density at radius 2 is 2.00 bits per heavy atom. The minimum Gasteiger partial charge on any atom is -0.478 e. The summed E-state index contributed by atoms with van der Waals surface area (Å²) < 4.78 is 0. The number of hydrogen-bond acceptors (Lipinski definition) is 4. The van der Waals surface area contributed by atoms with Crippen LogP contribution in [-0.2, 0) is 9.59 Å². The first-order chi connectivity index (χ1) is 10.5. The maximum atomic E-state index is 11.9. The van der Waals surface area contributed by atoms with Gasteiger partial charge in [-0.25, -0.2) is 4.79 Å². The van der Waals surface area contributed by atoms with E-state index in [-0.39, 0.29) is 23.8 Å². The molecule has 0 aromatic heterocycles. The van der Waals surface area contributed by atoms with Crippen molar-refractivity contribution in [3.8, 4) is 0 Å². The molecule has 1 aliphatic rings. The van der Waals surface area contributed by atoms with E-state index >= 15 is 0 Å². The first-order valence-corrected chi connectivity index (χ1v) is 7.05. The molecule has 7 heteroatoms. The van der Waals surface area contributed by atoms with Crippen molar-refractivity contribution in [2.45, 2.75) is 32.6 Å². The summed E-state index contributed by atoms with van der Waals surface area (Å²) in [5.74, 6) is -1.15.